The number of carbonyl (C=O) groups is 3. The molecule has 100 valence electrons. The molecule has 0 aromatic heterocycles. The molecule has 1 fully saturated rings. The Balaban J connectivity index is 2.53. The van der Waals surface area contributed by atoms with Gasteiger partial charge in [-0.25, -0.2) is 0 Å². The molecular weight excluding hydrogens is 232 g/mol. The first-order chi connectivity index (χ1) is 8.49. The van der Waals surface area contributed by atoms with Gasteiger partial charge in [0.05, 0.1) is 6.54 Å². The van der Waals surface area contributed by atoms with Gasteiger partial charge in [0.15, 0.2) is 0 Å². The molecule has 2 amide bonds. The number of likely N-dealkylation sites (N-methyl/N-ethyl adjacent to an activating group) is 1. The lowest BCUT2D eigenvalue weighted by Crippen LogP contribution is -2.41. The van der Waals surface area contributed by atoms with Crippen LogP contribution in [0.15, 0.2) is 12.7 Å². The third kappa shape index (κ3) is 3.42. The molecule has 1 unspecified atom stereocenters. The summed E-state index contributed by atoms with van der Waals surface area (Å²) in [5, 5.41) is 0. The number of likely N-dealkylation sites (tertiary alicyclic amines) is 1. The molecule has 1 aliphatic rings. The number of Topliss-reactive ketones (excluding diaryl/α,β-unsaturated/α-hetero) is 1. The minimum atomic E-state index is -0.242. The molecule has 0 aliphatic carbocycles. The predicted molar refractivity (Wildman–Crippen MR) is 67.8 cm³/mol. The first kappa shape index (κ1) is 14.4. The fourth-order valence-electron chi connectivity index (χ4n) is 2.06. The van der Waals surface area contributed by atoms with Crippen LogP contribution in [0.3, 0.4) is 0 Å². The molecule has 1 heterocycles. The van der Waals surface area contributed by atoms with Crippen LogP contribution in [0, 0.1) is 5.92 Å². The Kier molecular flexibility index (Phi) is 5.07. The molecule has 0 N–H and O–H groups in total. The van der Waals surface area contributed by atoms with Crippen molar-refractivity contribution in [2.75, 3.05) is 26.2 Å². The largest absolute Gasteiger partial charge is 0.340 e. The normalized spacial score (nSPS) is 18.6. The molecule has 18 heavy (non-hydrogen) atoms. The Hall–Kier alpha value is -1.65. The van der Waals surface area contributed by atoms with Crippen molar-refractivity contribution < 1.29 is 14.4 Å². The van der Waals surface area contributed by atoms with E-state index in [0.29, 0.717) is 19.6 Å². The Morgan fingerprint density at radius 3 is 2.56 bits per heavy atom. The minimum Gasteiger partial charge on any atom is -0.340 e. The van der Waals surface area contributed by atoms with Crippen molar-refractivity contribution >= 4 is 17.6 Å². The SMILES string of the molecule is C=CC(=O)N(CC)CC(=O)N1CCC(C(C)=O)C1. The second-order valence-corrected chi connectivity index (χ2v) is 4.49. The van der Waals surface area contributed by atoms with Gasteiger partial charge in [-0.15, -0.1) is 0 Å². The Bertz CT molecular complexity index is 365. The molecule has 1 atom stereocenters. The molecule has 0 spiro atoms. The highest BCUT2D eigenvalue weighted by atomic mass is 16.2. The summed E-state index contributed by atoms with van der Waals surface area (Å²) in [6, 6.07) is 0. The van der Waals surface area contributed by atoms with Crippen molar-refractivity contribution in [2.24, 2.45) is 5.92 Å². The van der Waals surface area contributed by atoms with Crippen LogP contribution >= 0.6 is 0 Å². The number of amides is 2. The second-order valence-electron chi connectivity index (χ2n) is 4.49. The summed E-state index contributed by atoms with van der Waals surface area (Å²) >= 11 is 0. The van der Waals surface area contributed by atoms with Crippen LogP contribution in [-0.4, -0.2) is 53.6 Å². The van der Waals surface area contributed by atoms with Crippen LogP contribution < -0.4 is 0 Å². The molecule has 0 aromatic carbocycles. The van der Waals surface area contributed by atoms with E-state index in [0.717, 1.165) is 6.42 Å². The van der Waals surface area contributed by atoms with Gasteiger partial charge >= 0.3 is 0 Å². The smallest absolute Gasteiger partial charge is 0.246 e. The predicted octanol–water partition coefficient (Wildman–Crippen LogP) is 0.458. The molecular formula is C13H20N2O3. The van der Waals surface area contributed by atoms with E-state index < -0.39 is 0 Å². The molecule has 0 bridgehead atoms. The molecule has 0 aromatic rings. The van der Waals surface area contributed by atoms with E-state index in [2.05, 4.69) is 6.58 Å². The number of ketones is 1. The maximum absolute atomic E-state index is 12.0. The highest BCUT2D eigenvalue weighted by molar-refractivity contribution is 5.91. The van der Waals surface area contributed by atoms with Gasteiger partial charge in [0, 0.05) is 25.6 Å². The van der Waals surface area contributed by atoms with Crippen molar-refractivity contribution in [3.8, 4) is 0 Å². The fraction of sp³-hybridized carbons (Fsp3) is 0.615. The zero-order valence-electron chi connectivity index (χ0n) is 11.0. The van der Waals surface area contributed by atoms with Gasteiger partial charge in [-0.05, 0) is 26.3 Å². The molecule has 5 heteroatoms. The molecule has 0 radical (unpaired) electrons. The zero-order chi connectivity index (χ0) is 13.7. The lowest BCUT2D eigenvalue weighted by molar-refractivity contribution is -0.137. The van der Waals surface area contributed by atoms with Crippen molar-refractivity contribution in [3.63, 3.8) is 0 Å². The lowest BCUT2D eigenvalue weighted by Gasteiger charge is -2.22. The first-order valence-electron chi connectivity index (χ1n) is 6.19. The average Bonchev–Trinajstić information content (AvgIpc) is 2.84. The second kappa shape index (κ2) is 6.33. The van der Waals surface area contributed by atoms with Crippen molar-refractivity contribution in [2.45, 2.75) is 20.3 Å². The topological polar surface area (TPSA) is 57.7 Å². The number of carbonyl (C=O) groups excluding carboxylic acids is 3. The van der Waals surface area contributed by atoms with Gasteiger partial charge in [0.1, 0.15) is 5.78 Å². The summed E-state index contributed by atoms with van der Waals surface area (Å²) in [6.45, 7) is 8.39. The number of nitrogens with zero attached hydrogens (tertiary/aromatic N) is 2. The third-order valence-electron chi connectivity index (χ3n) is 3.31. The van der Waals surface area contributed by atoms with Gasteiger partial charge < -0.3 is 9.80 Å². The van der Waals surface area contributed by atoms with Crippen LogP contribution in [0.5, 0.6) is 0 Å². The maximum Gasteiger partial charge on any atom is 0.246 e. The van der Waals surface area contributed by atoms with Gasteiger partial charge in [0.2, 0.25) is 11.8 Å². The molecule has 1 saturated heterocycles. The molecule has 1 aliphatic heterocycles. The van der Waals surface area contributed by atoms with Crippen LogP contribution in [0.4, 0.5) is 0 Å². The number of hydrogen-bond donors (Lipinski definition) is 0. The summed E-state index contributed by atoms with van der Waals surface area (Å²) in [4.78, 5) is 37.8. The highest BCUT2D eigenvalue weighted by Crippen LogP contribution is 2.17. The van der Waals surface area contributed by atoms with Crippen LogP contribution in [-0.2, 0) is 14.4 Å². The Morgan fingerprint density at radius 1 is 1.44 bits per heavy atom. The van der Waals surface area contributed by atoms with Crippen molar-refractivity contribution in [1.29, 1.82) is 0 Å². The Morgan fingerprint density at radius 2 is 2.11 bits per heavy atom. The summed E-state index contributed by atoms with van der Waals surface area (Å²) in [5.74, 6) is -0.261. The first-order valence-corrected chi connectivity index (χ1v) is 6.19. The summed E-state index contributed by atoms with van der Waals surface area (Å²) in [6.07, 6.45) is 1.93. The third-order valence-corrected chi connectivity index (χ3v) is 3.31. The fourth-order valence-corrected chi connectivity index (χ4v) is 2.06. The Labute approximate surface area is 107 Å². The van der Waals surface area contributed by atoms with Gasteiger partial charge in [0.25, 0.3) is 0 Å². The minimum absolute atomic E-state index is 0.0425. The van der Waals surface area contributed by atoms with Crippen LogP contribution in [0.25, 0.3) is 0 Å². The number of rotatable bonds is 5. The average molecular weight is 252 g/mol. The summed E-state index contributed by atoms with van der Waals surface area (Å²) in [7, 11) is 0. The summed E-state index contributed by atoms with van der Waals surface area (Å²) in [5.41, 5.74) is 0. The molecule has 5 nitrogen and oxygen atoms in total. The quantitative estimate of drug-likeness (QED) is 0.668. The lowest BCUT2D eigenvalue weighted by atomic mass is 10.1. The maximum atomic E-state index is 12.0. The van der Waals surface area contributed by atoms with E-state index in [1.165, 1.54) is 11.0 Å². The van der Waals surface area contributed by atoms with Gasteiger partial charge in [-0.2, -0.15) is 0 Å². The van der Waals surface area contributed by atoms with Gasteiger partial charge in [-0.1, -0.05) is 6.58 Å². The van der Waals surface area contributed by atoms with Gasteiger partial charge in [-0.3, -0.25) is 14.4 Å². The van der Waals surface area contributed by atoms with E-state index in [1.54, 1.807) is 11.8 Å². The van der Waals surface area contributed by atoms with E-state index >= 15 is 0 Å². The van der Waals surface area contributed by atoms with Crippen LogP contribution in [0.1, 0.15) is 20.3 Å². The number of hydrogen-bond acceptors (Lipinski definition) is 3. The molecule has 0 saturated carbocycles. The highest BCUT2D eigenvalue weighted by Gasteiger charge is 2.29. The van der Waals surface area contributed by atoms with E-state index in [1.807, 2.05) is 6.92 Å². The molecule has 1 rings (SSSR count). The summed E-state index contributed by atoms with van der Waals surface area (Å²) < 4.78 is 0. The standard InChI is InChI=1S/C13H20N2O3/c1-4-12(17)14(5-2)9-13(18)15-7-6-11(8-15)10(3)16/h4,11H,1,5-9H2,2-3H3. The van der Waals surface area contributed by atoms with Crippen molar-refractivity contribution in [3.05, 3.63) is 12.7 Å². The van der Waals surface area contributed by atoms with E-state index in [4.69, 9.17) is 0 Å². The van der Waals surface area contributed by atoms with Crippen LogP contribution in [0.2, 0.25) is 0 Å². The van der Waals surface area contributed by atoms with Crippen molar-refractivity contribution in [1.82, 2.24) is 9.80 Å². The van der Waals surface area contributed by atoms with E-state index in [9.17, 15) is 14.4 Å². The monoisotopic (exact) mass is 252 g/mol. The zero-order valence-corrected chi connectivity index (χ0v) is 11.0. The van der Waals surface area contributed by atoms with E-state index in [-0.39, 0.29) is 30.1 Å².